The Morgan fingerprint density at radius 2 is 2.32 bits per heavy atom. The molecule has 0 aliphatic carbocycles. The average Bonchev–Trinajstić information content (AvgIpc) is 2.81. The van der Waals surface area contributed by atoms with E-state index in [0.29, 0.717) is 18.5 Å². The minimum absolute atomic E-state index is 0.140. The minimum Gasteiger partial charge on any atom is -0.488 e. The molecule has 0 radical (unpaired) electrons. The van der Waals surface area contributed by atoms with Crippen molar-refractivity contribution in [3.63, 3.8) is 0 Å². The molecule has 2 N–H and O–H groups in total. The van der Waals surface area contributed by atoms with Crippen molar-refractivity contribution in [1.82, 2.24) is 5.32 Å². The van der Waals surface area contributed by atoms with Crippen LogP contribution in [0.15, 0.2) is 35.9 Å². The third-order valence-corrected chi connectivity index (χ3v) is 3.23. The van der Waals surface area contributed by atoms with Gasteiger partial charge in [0.15, 0.2) is 0 Å². The molecule has 2 rings (SSSR count). The van der Waals surface area contributed by atoms with Crippen LogP contribution < -0.4 is 10.1 Å². The monoisotopic (exact) mass is 261 g/mol. The Morgan fingerprint density at radius 1 is 1.53 bits per heavy atom. The molecule has 4 nitrogen and oxygen atoms in total. The number of nitrogens with one attached hydrogen (secondary N) is 1. The summed E-state index contributed by atoms with van der Waals surface area (Å²) in [6.07, 6.45) is 3.32. The molecule has 1 heterocycles. The van der Waals surface area contributed by atoms with Crippen LogP contribution in [0.1, 0.15) is 18.9 Å². The molecule has 0 aromatic heterocycles. The number of benzene rings is 1. The number of carbonyl (C=O) groups is 1. The quantitative estimate of drug-likeness (QED) is 0.607. The van der Waals surface area contributed by atoms with Crippen LogP contribution in [0.2, 0.25) is 0 Å². The number of hydrogen-bond acceptors (Lipinski definition) is 3. The maximum Gasteiger partial charge on any atom is 0.331 e. The highest BCUT2D eigenvalue weighted by Gasteiger charge is 2.21. The van der Waals surface area contributed by atoms with Crippen LogP contribution in [-0.2, 0) is 11.2 Å². The van der Waals surface area contributed by atoms with E-state index in [9.17, 15) is 4.79 Å². The number of carboxylic acid groups (broad SMARTS) is 1. The van der Waals surface area contributed by atoms with Gasteiger partial charge in [0.1, 0.15) is 11.9 Å². The molecular weight excluding hydrogens is 242 g/mol. The molecule has 1 aliphatic rings. The van der Waals surface area contributed by atoms with Gasteiger partial charge in [-0.05, 0) is 18.1 Å². The highest BCUT2D eigenvalue weighted by molar-refractivity contribution is 5.86. The van der Waals surface area contributed by atoms with Gasteiger partial charge in [0.05, 0.1) is 0 Å². The Bertz CT molecular complexity index is 457. The fourth-order valence-corrected chi connectivity index (χ4v) is 2.19. The van der Waals surface area contributed by atoms with Crippen LogP contribution in [0.3, 0.4) is 0 Å². The second kappa shape index (κ2) is 6.38. The maximum atomic E-state index is 10.8. The molecule has 1 atom stereocenters. The lowest BCUT2D eigenvalue weighted by molar-refractivity contribution is -0.132. The summed E-state index contributed by atoms with van der Waals surface area (Å²) in [7, 11) is 0. The molecule has 102 valence electrons. The Hall–Kier alpha value is -1.81. The molecule has 0 fully saturated rings. The standard InChI is InChI=1S/C15H19NO3/c1-2-11(15(17)18)7-8-16-10-13-9-12-5-3-4-6-14(12)19-13/h3-7,13,16H,2,8-10H2,1H3,(H,17,18)/b11-7-. The zero-order valence-electron chi connectivity index (χ0n) is 11.1. The number of para-hydroxylation sites is 1. The summed E-state index contributed by atoms with van der Waals surface area (Å²) in [5, 5.41) is 12.1. The summed E-state index contributed by atoms with van der Waals surface area (Å²) in [6.45, 7) is 3.13. The van der Waals surface area contributed by atoms with Gasteiger partial charge in [0.2, 0.25) is 0 Å². The van der Waals surface area contributed by atoms with E-state index >= 15 is 0 Å². The van der Waals surface area contributed by atoms with E-state index in [1.807, 2.05) is 25.1 Å². The number of hydrogen-bond donors (Lipinski definition) is 2. The first-order valence-electron chi connectivity index (χ1n) is 6.58. The zero-order valence-corrected chi connectivity index (χ0v) is 11.1. The third-order valence-electron chi connectivity index (χ3n) is 3.23. The largest absolute Gasteiger partial charge is 0.488 e. The number of rotatable bonds is 6. The molecule has 4 heteroatoms. The molecule has 1 unspecified atom stereocenters. The second-order valence-corrected chi connectivity index (χ2v) is 4.60. The topological polar surface area (TPSA) is 58.6 Å². The van der Waals surface area contributed by atoms with Crippen molar-refractivity contribution >= 4 is 5.97 Å². The lowest BCUT2D eigenvalue weighted by atomic mass is 10.1. The number of carboxylic acids is 1. The first kappa shape index (κ1) is 13.6. The zero-order chi connectivity index (χ0) is 13.7. The Balaban J connectivity index is 1.75. The molecule has 0 bridgehead atoms. The van der Waals surface area contributed by atoms with E-state index < -0.39 is 5.97 Å². The van der Waals surface area contributed by atoms with E-state index in [0.717, 1.165) is 18.7 Å². The van der Waals surface area contributed by atoms with Gasteiger partial charge in [-0.15, -0.1) is 0 Å². The van der Waals surface area contributed by atoms with Gasteiger partial charge < -0.3 is 15.2 Å². The average molecular weight is 261 g/mol. The smallest absolute Gasteiger partial charge is 0.331 e. The van der Waals surface area contributed by atoms with Crippen molar-refractivity contribution in [2.45, 2.75) is 25.9 Å². The molecule has 1 aliphatic heterocycles. The maximum absolute atomic E-state index is 10.8. The fraction of sp³-hybridized carbons (Fsp3) is 0.400. The summed E-state index contributed by atoms with van der Waals surface area (Å²) in [5.41, 5.74) is 1.69. The normalized spacial score (nSPS) is 17.9. The van der Waals surface area contributed by atoms with Gasteiger partial charge in [-0.25, -0.2) is 4.79 Å². The van der Waals surface area contributed by atoms with Gasteiger partial charge in [-0.3, -0.25) is 0 Å². The summed E-state index contributed by atoms with van der Waals surface area (Å²) in [6, 6.07) is 8.04. The molecule has 0 saturated carbocycles. The Morgan fingerprint density at radius 3 is 3.00 bits per heavy atom. The third kappa shape index (κ3) is 3.58. The lowest BCUT2D eigenvalue weighted by Crippen LogP contribution is -2.30. The molecule has 0 amide bonds. The second-order valence-electron chi connectivity index (χ2n) is 4.60. The van der Waals surface area contributed by atoms with E-state index in [1.165, 1.54) is 5.56 Å². The van der Waals surface area contributed by atoms with Gasteiger partial charge >= 0.3 is 5.97 Å². The highest BCUT2D eigenvalue weighted by Crippen LogP contribution is 2.27. The van der Waals surface area contributed by atoms with Crippen LogP contribution in [0.5, 0.6) is 5.75 Å². The first-order chi connectivity index (χ1) is 9.20. The van der Waals surface area contributed by atoms with Crippen molar-refractivity contribution in [3.05, 3.63) is 41.5 Å². The molecule has 19 heavy (non-hydrogen) atoms. The molecular formula is C15H19NO3. The SMILES string of the molecule is CC/C(=C/CNCC1Cc2ccccc2O1)C(=O)O. The summed E-state index contributed by atoms with van der Waals surface area (Å²) in [5.74, 6) is 0.124. The molecule has 1 aromatic carbocycles. The molecule has 0 spiro atoms. The minimum atomic E-state index is -0.839. The number of ether oxygens (including phenoxy) is 1. The molecule has 1 aromatic rings. The highest BCUT2D eigenvalue weighted by atomic mass is 16.5. The Labute approximate surface area is 113 Å². The number of fused-ring (bicyclic) bond motifs is 1. The number of aliphatic carboxylic acids is 1. The van der Waals surface area contributed by atoms with Crippen LogP contribution >= 0.6 is 0 Å². The van der Waals surface area contributed by atoms with Crippen molar-refractivity contribution < 1.29 is 14.6 Å². The van der Waals surface area contributed by atoms with Crippen LogP contribution in [-0.4, -0.2) is 30.3 Å². The van der Waals surface area contributed by atoms with Crippen LogP contribution in [0, 0.1) is 0 Å². The van der Waals surface area contributed by atoms with E-state index in [-0.39, 0.29) is 6.10 Å². The van der Waals surface area contributed by atoms with E-state index in [2.05, 4.69) is 11.4 Å². The lowest BCUT2D eigenvalue weighted by Gasteiger charge is -2.10. The summed E-state index contributed by atoms with van der Waals surface area (Å²) < 4.78 is 5.79. The van der Waals surface area contributed by atoms with Crippen molar-refractivity contribution in [2.75, 3.05) is 13.1 Å². The summed E-state index contributed by atoms with van der Waals surface area (Å²) in [4.78, 5) is 10.8. The van der Waals surface area contributed by atoms with Crippen molar-refractivity contribution in [3.8, 4) is 5.75 Å². The van der Waals surface area contributed by atoms with Gasteiger partial charge in [-0.2, -0.15) is 0 Å². The predicted molar refractivity (Wildman–Crippen MR) is 73.4 cm³/mol. The van der Waals surface area contributed by atoms with Crippen LogP contribution in [0.4, 0.5) is 0 Å². The van der Waals surface area contributed by atoms with E-state index in [4.69, 9.17) is 9.84 Å². The van der Waals surface area contributed by atoms with E-state index in [1.54, 1.807) is 6.08 Å². The van der Waals surface area contributed by atoms with Gasteiger partial charge in [0, 0.05) is 25.1 Å². The molecule has 0 saturated heterocycles. The van der Waals surface area contributed by atoms with Gasteiger partial charge in [0.25, 0.3) is 0 Å². The van der Waals surface area contributed by atoms with Gasteiger partial charge in [-0.1, -0.05) is 31.2 Å². The van der Waals surface area contributed by atoms with Crippen molar-refractivity contribution in [2.24, 2.45) is 0 Å². The van der Waals surface area contributed by atoms with Crippen molar-refractivity contribution in [1.29, 1.82) is 0 Å². The van der Waals surface area contributed by atoms with Crippen LogP contribution in [0.25, 0.3) is 0 Å². The first-order valence-corrected chi connectivity index (χ1v) is 6.58. The summed E-state index contributed by atoms with van der Waals surface area (Å²) >= 11 is 0. The predicted octanol–water partition coefficient (Wildman–Crippen LogP) is 2.00. The fourth-order valence-electron chi connectivity index (χ4n) is 2.19. The Kier molecular flexibility index (Phi) is 4.58.